The molecule has 0 spiro atoms. The summed E-state index contributed by atoms with van der Waals surface area (Å²) < 4.78 is 40.8. The SMILES string of the molecule is CCNC(=NCc1ccc(COCC(F)(F)F)cc1)NCCCSC. The van der Waals surface area contributed by atoms with Gasteiger partial charge in [-0.25, -0.2) is 4.99 Å². The van der Waals surface area contributed by atoms with Gasteiger partial charge in [0.15, 0.2) is 5.96 Å². The van der Waals surface area contributed by atoms with Gasteiger partial charge in [0, 0.05) is 13.1 Å². The molecule has 0 aliphatic rings. The Bertz CT molecular complexity index is 507. The molecular formula is C17H26F3N3OS. The lowest BCUT2D eigenvalue weighted by Gasteiger charge is -2.11. The normalized spacial score (nSPS) is 12.3. The topological polar surface area (TPSA) is 45.7 Å². The quantitative estimate of drug-likeness (QED) is 0.372. The molecule has 0 amide bonds. The van der Waals surface area contributed by atoms with Gasteiger partial charge in [-0.3, -0.25) is 0 Å². The van der Waals surface area contributed by atoms with Gasteiger partial charge in [-0.15, -0.1) is 0 Å². The maximum Gasteiger partial charge on any atom is 0.411 e. The highest BCUT2D eigenvalue weighted by molar-refractivity contribution is 7.98. The molecule has 1 rings (SSSR count). The Morgan fingerprint density at radius 2 is 1.84 bits per heavy atom. The van der Waals surface area contributed by atoms with Crippen molar-refractivity contribution in [1.29, 1.82) is 0 Å². The van der Waals surface area contributed by atoms with E-state index in [0.29, 0.717) is 12.1 Å². The summed E-state index contributed by atoms with van der Waals surface area (Å²) in [6.07, 6.45) is -1.14. The van der Waals surface area contributed by atoms with Crippen LogP contribution in [0, 0.1) is 0 Å². The first-order chi connectivity index (χ1) is 11.9. The number of aliphatic imine (C=N–C) groups is 1. The average Bonchev–Trinajstić information content (AvgIpc) is 2.56. The van der Waals surface area contributed by atoms with E-state index in [2.05, 4.69) is 26.6 Å². The molecule has 25 heavy (non-hydrogen) atoms. The molecule has 0 aromatic heterocycles. The predicted molar refractivity (Wildman–Crippen MR) is 98.0 cm³/mol. The zero-order chi connectivity index (χ0) is 18.5. The van der Waals surface area contributed by atoms with Gasteiger partial charge in [-0.1, -0.05) is 24.3 Å². The van der Waals surface area contributed by atoms with Crippen LogP contribution < -0.4 is 10.6 Å². The summed E-state index contributed by atoms with van der Waals surface area (Å²) in [7, 11) is 0. The van der Waals surface area contributed by atoms with Crippen LogP contribution in [-0.4, -0.2) is 43.8 Å². The highest BCUT2D eigenvalue weighted by atomic mass is 32.2. The highest BCUT2D eigenvalue weighted by Gasteiger charge is 2.27. The van der Waals surface area contributed by atoms with E-state index >= 15 is 0 Å². The van der Waals surface area contributed by atoms with Gasteiger partial charge in [0.2, 0.25) is 0 Å². The number of halogens is 3. The second-order valence-electron chi connectivity index (χ2n) is 5.39. The zero-order valence-corrected chi connectivity index (χ0v) is 15.5. The van der Waals surface area contributed by atoms with Crippen LogP contribution in [0.25, 0.3) is 0 Å². The minimum Gasteiger partial charge on any atom is -0.367 e. The molecule has 1 aromatic rings. The Morgan fingerprint density at radius 3 is 2.44 bits per heavy atom. The molecule has 0 saturated heterocycles. The number of benzene rings is 1. The van der Waals surface area contributed by atoms with Gasteiger partial charge in [-0.2, -0.15) is 24.9 Å². The van der Waals surface area contributed by atoms with Crippen LogP contribution in [0.2, 0.25) is 0 Å². The van der Waals surface area contributed by atoms with Crippen LogP contribution in [-0.2, 0) is 17.9 Å². The van der Waals surface area contributed by atoms with Crippen molar-refractivity contribution in [1.82, 2.24) is 10.6 Å². The average molecular weight is 377 g/mol. The Balaban J connectivity index is 2.45. The molecule has 0 radical (unpaired) electrons. The van der Waals surface area contributed by atoms with Crippen LogP contribution in [0.1, 0.15) is 24.5 Å². The summed E-state index contributed by atoms with van der Waals surface area (Å²) >= 11 is 1.81. The Kier molecular flexibility index (Phi) is 10.4. The second-order valence-corrected chi connectivity index (χ2v) is 6.38. The minimum atomic E-state index is -4.29. The molecule has 2 N–H and O–H groups in total. The van der Waals surface area contributed by atoms with E-state index in [-0.39, 0.29) is 6.61 Å². The minimum absolute atomic E-state index is 0.0529. The fourth-order valence-corrected chi connectivity index (χ4v) is 2.39. The Hall–Kier alpha value is -1.41. The lowest BCUT2D eigenvalue weighted by molar-refractivity contribution is -0.176. The molecule has 0 aliphatic carbocycles. The van der Waals surface area contributed by atoms with Crippen molar-refractivity contribution in [2.24, 2.45) is 4.99 Å². The molecular weight excluding hydrogens is 351 g/mol. The molecule has 142 valence electrons. The lowest BCUT2D eigenvalue weighted by Crippen LogP contribution is -2.37. The summed E-state index contributed by atoms with van der Waals surface area (Å²) in [5.74, 6) is 1.87. The number of nitrogens with one attached hydrogen (secondary N) is 2. The fourth-order valence-electron chi connectivity index (χ4n) is 1.96. The van der Waals surface area contributed by atoms with Crippen LogP contribution >= 0.6 is 11.8 Å². The smallest absolute Gasteiger partial charge is 0.367 e. The molecule has 4 nitrogen and oxygen atoms in total. The van der Waals surface area contributed by atoms with Crippen molar-refractivity contribution in [2.45, 2.75) is 32.7 Å². The first-order valence-electron chi connectivity index (χ1n) is 8.18. The third-order valence-electron chi connectivity index (χ3n) is 3.14. The van der Waals surface area contributed by atoms with Gasteiger partial charge in [0.1, 0.15) is 6.61 Å². The van der Waals surface area contributed by atoms with E-state index in [4.69, 9.17) is 0 Å². The van der Waals surface area contributed by atoms with Crippen LogP contribution in [0.4, 0.5) is 13.2 Å². The number of alkyl halides is 3. The van der Waals surface area contributed by atoms with Crippen molar-refractivity contribution >= 4 is 17.7 Å². The highest BCUT2D eigenvalue weighted by Crippen LogP contribution is 2.16. The molecule has 0 bridgehead atoms. The van der Waals surface area contributed by atoms with Crippen molar-refractivity contribution < 1.29 is 17.9 Å². The zero-order valence-electron chi connectivity index (χ0n) is 14.7. The van der Waals surface area contributed by atoms with Crippen molar-refractivity contribution in [3.8, 4) is 0 Å². The van der Waals surface area contributed by atoms with E-state index in [1.165, 1.54) is 0 Å². The molecule has 0 unspecified atom stereocenters. The fraction of sp³-hybridized carbons (Fsp3) is 0.588. The number of guanidine groups is 1. The summed E-state index contributed by atoms with van der Waals surface area (Å²) in [5, 5.41) is 6.47. The first kappa shape index (κ1) is 21.6. The van der Waals surface area contributed by atoms with Gasteiger partial charge in [0.05, 0.1) is 13.2 Å². The van der Waals surface area contributed by atoms with Crippen molar-refractivity contribution in [3.05, 3.63) is 35.4 Å². The first-order valence-corrected chi connectivity index (χ1v) is 9.57. The molecule has 0 atom stereocenters. The van der Waals surface area contributed by atoms with Gasteiger partial charge in [0.25, 0.3) is 0 Å². The number of ether oxygens (including phenoxy) is 1. The number of nitrogens with zero attached hydrogens (tertiary/aromatic N) is 1. The molecule has 0 aliphatic heterocycles. The van der Waals surface area contributed by atoms with E-state index in [0.717, 1.165) is 36.8 Å². The number of thioether (sulfide) groups is 1. The third kappa shape index (κ3) is 10.9. The molecule has 0 saturated carbocycles. The Morgan fingerprint density at radius 1 is 1.16 bits per heavy atom. The molecule has 0 heterocycles. The van der Waals surface area contributed by atoms with E-state index in [1.54, 1.807) is 12.1 Å². The molecule has 8 heteroatoms. The second kappa shape index (κ2) is 12.0. The van der Waals surface area contributed by atoms with Gasteiger partial charge >= 0.3 is 6.18 Å². The van der Waals surface area contributed by atoms with Crippen molar-refractivity contribution in [3.63, 3.8) is 0 Å². The number of hydrogen-bond acceptors (Lipinski definition) is 3. The standard InChI is InChI=1S/C17H26F3N3OS/c1-3-21-16(22-9-4-10-25-2)23-11-14-5-7-15(8-6-14)12-24-13-17(18,19)20/h5-8H,3-4,9-13H2,1-2H3,(H2,21,22,23). The molecule has 1 aromatic carbocycles. The van der Waals surface area contributed by atoms with Crippen molar-refractivity contribution in [2.75, 3.05) is 31.7 Å². The monoisotopic (exact) mass is 377 g/mol. The van der Waals surface area contributed by atoms with E-state index < -0.39 is 12.8 Å². The summed E-state index contributed by atoms with van der Waals surface area (Å²) in [4.78, 5) is 4.51. The van der Waals surface area contributed by atoms with E-state index in [1.807, 2.05) is 30.8 Å². The van der Waals surface area contributed by atoms with Gasteiger partial charge < -0.3 is 15.4 Å². The summed E-state index contributed by atoms with van der Waals surface area (Å²) in [5.41, 5.74) is 1.69. The van der Waals surface area contributed by atoms with Crippen LogP contribution in [0.3, 0.4) is 0 Å². The van der Waals surface area contributed by atoms with Crippen LogP contribution in [0.15, 0.2) is 29.3 Å². The predicted octanol–water partition coefficient (Wildman–Crippen LogP) is 3.57. The molecule has 0 fully saturated rings. The number of rotatable bonds is 10. The lowest BCUT2D eigenvalue weighted by atomic mass is 10.1. The summed E-state index contributed by atoms with van der Waals surface area (Å²) in [6, 6.07) is 7.24. The Labute approximate surface area is 151 Å². The van der Waals surface area contributed by atoms with Crippen LogP contribution in [0.5, 0.6) is 0 Å². The third-order valence-corrected chi connectivity index (χ3v) is 3.84. The maximum atomic E-state index is 12.0. The largest absolute Gasteiger partial charge is 0.411 e. The van der Waals surface area contributed by atoms with E-state index in [9.17, 15) is 13.2 Å². The summed E-state index contributed by atoms with van der Waals surface area (Å²) in [6.45, 7) is 2.87. The van der Waals surface area contributed by atoms with Gasteiger partial charge in [-0.05, 0) is 36.5 Å². The number of hydrogen-bond donors (Lipinski definition) is 2. The maximum absolute atomic E-state index is 12.0.